The van der Waals surface area contributed by atoms with Crippen LogP contribution in [0.2, 0.25) is 0 Å². The van der Waals surface area contributed by atoms with Crippen LogP contribution in [0.4, 0.5) is 0 Å². The molecule has 218 valence electrons. The number of nitrogens with zero attached hydrogens (tertiary/aromatic N) is 3. The Morgan fingerprint density at radius 2 is 2.00 bits per heavy atom. The number of carbonyl (C=O) groups is 1. The molecule has 6 unspecified atom stereocenters. The van der Waals surface area contributed by atoms with Gasteiger partial charge in [0.05, 0.1) is 39.5 Å². The molecule has 6 nitrogen and oxygen atoms in total. The van der Waals surface area contributed by atoms with E-state index in [-0.39, 0.29) is 40.2 Å². The molecule has 1 aromatic carbocycles. The summed E-state index contributed by atoms with van der Waals surface area (Å²) in [6, 6.07) is 8.01. The first kappa shape index (κ1) is 27.8. The van der Waals surface area contributed by atoms with Gasteiger partial charge in [0.25, 0.3) is 0 Å². The molecule has 7 rings (SSSR count). The van der Waals surface area contributed by atoms with E-state index in [9.17, 15) is 15.0 Å². The van der Waals surface area contributed by atoms with Crippen LogP contribution in [0.3, 0.4) is 0 Å². The summed E-state index contributed by atoms with van der Waals surface area (Å²) >= 11 is 3.03. The van der Waals surface area contributed by atoms with Gasteiger partial charge in [0.2, 0.25) is 0 Å². The number of para-hydroxylation sites is 1. The number of carbonyl (C=O) groups excluding carboxylic acids is 1. The third kappa shape index (κ3) is 4.00. The molecule has 8 heteroatoms. The number of thioether (sulfide) groups is 1. The molecular formula is C33H41N3O3S2. The highest BCUT2D eigenvalue weighted by molar-refractivity contribution is 8.01. The van der Waals surface area contributed by atoms with Crippen molar-refractivity contribution >= 4 is 45.2 Å². The lowest BCUT2D eigenvalue weighted by Crippen LogP contribution is -2.62. The van der Waals surface area contributed by atoms with E-state index in [1.165, 1.54) is 28.6 Å². The summed E-state index contributed by atoms with van der Waals surface area (Å²) in [5.74, 6) is 0.699. The van der Waals surface area contributed by atoms with Gasteiger partial charge < -0.3 is 10.2 Å². The van der Waals surface area contributed by atoms with Crippen molar-refractivity contribution < 1.29 is 15.0 Å². The molecule has 4 aliphatic rings. The second kappa shape index (κ2) is 9.25. The summed E-state index contributed by atoms with van der Waals surface area (Å²) in [7, 11) is 0. The van der Waals surface area contributed by atoms with E-state index in [1.807, 2.05) is 30.5 Å². The lowest BCUT2D eigenvalue weighted by molar-refractivity contribution is -0.177. The van der Waals surface area contributed by atoms with E-state index in [0.29, 0.717) is 12.8 Å². The van der Waals surface area contributed by atoms with Gasteiger partial charge in [-0.3, -0.25) is 9.48 Å². The fourth-order valence-electron chi connectivity index (χ4n) is 9.34. The van der Waals surface area contributed by atoms with Gasteiger partial charge >= 0.3 is 0 Å². The molecule has 2 N–H and O–H groups in total. The highest BCUT2D eigenvalue weighted by Crippen LogP contribution is 2.67. The van der Waals surface area contributed by atoms with Crippen molar-refractivity contribution in [3.8, 4) is 0 Å². The molecular weight excluding hydrogens is 551 g/mol. The normalized spacial score (nSPS) is 36.3. The number of Topliss-reactive ketones (excluding diaryl/α,β-unsaturated/α-hetero) is 1. The third-order valence-electron chi connectivity index (χ3n) is 11.3. The number of aliphatic hydroxyl groups is 2. The number of allylic oxidation sites excluding steroid dienone is 1. The van der Waals surface area contributed by atoms with Gasteiger partial charge in [0.15, 0.2) is 10.1 Å². The lowest BCUT2D eigenvalue weighted by Gasteiger charge is -2.60. The van der Waals surface area contributed by atoms with Gasteiger partial charge in [-0.05, 0) is 106 Å². The van der Waals surface area contributed by atoms with E-state index in [0.717, 1.165) is 40.2 Å². The van der Waals surface area contributed by atoms with E-state index < -0.39 is 17.1 Å². The maximum Gasteiger partial charge on any atom is 0.175 e. The Hall–Kier alpha value is -2.00. The van der Waals surface area contributed by atoms with Crippen LogP contribution in [0, 0.1) is 28.6 Å². The summed E-state index contributed by atoms with van der Waals surface area (Å²) in [6.07, 6.45) is 8.46. The number of aromatic nitrogens is 3. The average molecular weight is 592 g/mol. The maximum absolute atomic E-state index is 13.8. The zero-order valence-corrected chi connectivity index (χ0v) is 26.3. The first-order valence-corrected chi connectivity index (χ1v) is 16.9. The summed E-state index contributed by atoms with van der Waals surface area (Å²) in [4.78, 5) is 18.5. The third-order valence-corrected chi connectivity index (χ3v) is 13.5. The minimum absolute atomic E-state index is 0.0894. The van der Waals surface area contributed by atoms with Gasteiger partial charge in [-0.1, -0.05) is 43.3 Å². The van der Waals surface area contributed by atoms with Crippen LogP contribution >= 0.6 is 23.1 Å². The number of hydrogen-bond donors (Lipinski definition) is 2. The quantitative estimate of drug-likeness (QED) is 0.337. The summed E-state index contributed by atoms with van der Waals surface area (Å²) in [5, 5.41) is 28.8. The van der Waals surface area contributed by atoms with Gasteiger partial charge in [0.1, 0.15) is 5.60 Å². The molecule has 0 amide bonds. The van der Waals surface area contributed by atoms with Crippen LogP contribution in [-0.4, -0.2) is 48.2 Å². The Kier molecular flexibility index (Phi) is 6.27. The molecule has 0 spiro atoms. The minimum Gasteiger partial charge on any atom is -0.393 e. The van der Waals surface area contributed by atoms with E-state index in [2.05, 4.69) is 50.4 Å². The van der Waals surface area contributed by atoms with Crippen molar-refractivity contribution in [3.05, 3.63) is 47.3 Å². The van der Waals surface area contributed by atoms with E-state index in [4.69, 9.17) is 5.10 Å². The maximum atomic E-state index is 13.8. The van der Waals surface area contributed by atoms with Crippen molar-refractivity contribution in [3.63, 3.8) is 0 Å². The fourth-order valence-corrected chi connectivity index (χ4v) is 11.4. The predicted octanol–water partition coefficient (Wildman–Crippen LogP) is 6.49. The number of fused-ring (bicyclic) bond motifs is 7. The van der Waals surface area contributed by atoms with Crippen LogP contribution in [-0.2, 0) is 16.8 Å². The number of benzene rings is 1. The smallest absolute Gasteiger partial charge is 0.175 e. The summed E-state index contributed by atoms with van der Waals surface area (Å²) in [6.45, 7) is 11.0. The lowest BCUT2D eigenvalue weighted by atomic mass is 9.45. The topological polar surface area (TPSA) is 88.2 Å². The number of ketones is 1. The molecule has 2 aromatic heterocycles. The number of rotatable bonds is 4. The minimum atomic E-state index is -1.42. The van der Waals surface area contributed by atoms with E-state index in [1.54, 1.807) is 11.3 Å². The van der Waals surface area contributed by atoms with Crippen LogP contribution < -0.4 is 0 Å². The highest BCUT2D eigenvalue weighted by atomic mass is 32.2. The van der Waals surface area contributed by atoms with Gasteiger partial charge in [-0.2, -0.15) is 5.10 Å². The first-order chi connectivity index (χ1) is 19.3. The largest absolute Gasteiger partial charge is 0.393 e. The predicted molar refractivity (Wildman–Crippen MR) is 165 cm³/mol. The first-order valence-electron chi connectivity index (χ1n) is 15.1. The number of aliphatic hydroxyl groups excluding tert-OH is 1. The molecule has 4 aliphatic carbocycles. The highest BCUT2D eigenvalue weighted by Gasteiger charge is 2.68. The van der Waals surface area contributed by atoms with Crippen LogP contribution in [0.25, 0.3) is 16.3 Å². The molecule has 0 bridgehead atoms. The Labute approximate surface area is 250 Å². The fraction of sp³-hybridized carbons (Fsp3) is 0.606. The summed E-state index contributed by atoms with van der Waals surface area (Å²) < 4.78 is 4.11. The molecule has 41 heavy (non-hydrogen) atoms. The standard InChI is InChI=1S/C33H41N3O3S2/c1-30(2,3)36-24-14-20-10-11-21-22-12-13-33(39,27(38)18-40-29-35-23-8-6-7-9-26(23)41-29)32(22,5)16-25(37)28(21)31(20,4)15-19(24)17-34-36/h6-9,14,17,21-22,25,28,37,39H,10-13,15-16,18H2,1-5H3/t21?,22?,25-,28?,31?,32?,33?/m0/s1. The summed E-state index contributed by atoms with van der Waals surface area (Å²) in [5.41, 5.74) is 2.56. The molecule has 0 radical (unpaired) electrons. The molecule has 7 atom stereocenters. The molecule has 2 heterocycles. The average Bonchev–Trinajstić information content (AvgIpc) is 3.59. The molecule has 0 saturated heterocycles. The zero-order chi connectivity index (χ0) is 28.9. The van der Waals surface area contributed by atoms with Crippen LogP contribution in [0.5, 0.6) is 0 Å². The van der Waals surface area contributed by atoms with E-state index >= 15 is 0 Å². The van der Waals surface area contributed by atoms with Crippen LogP contribution in [0.1, 0.15) is 78.0 Å². The van der Waals surface area contributed by atoms with Crippen molar-refractivity contribution in [1.29, 1.82) is 0 Å². The molecule has 3 saturated carbocycles. The Morgan fingerprint density at radius 3 is 2.76 bits per heavy atom. The van der Waals surface area contributed by atoms with Gasteiger partial charge in [0, 0.05) is 5.41 Å². The van der Waals surface area contributed by atoms with Crippen LogP contribution in [0.15, 0.2) is 40.4 Å². The van der Waals surface area contributed by atoms with Crippen molar-refractivity contribution in [1.82, 2.24) is 14.8 Å². The molecule has 3 fully saturated rings. The zero-order valence-electron chi connectivity index (χ0n) is 24.7. The second-order valence-corrected chi connectivity index (χ2v) is 16.7. The monoisotopic (exact) mass is 591 g/mol. The SMILES string of the molecule is CC12Cc3cnn(C(C)(C)C)c3C=C1CCC1C2[C@@H](O)CC2(C)C1CCC2(O)C(=O)CSc1nc2ccccc2s1. The molecule has 3 aromatic rings. The Bertz CT molecular complexity index is 1540. The van der Waals surface area contributed by atoms with Crippen molar-refractivity contribution in [2.24, 2.45) is 28.6 Å². The molecule has 0 aliphatic heterocycles. The van der Waals surface area contributed by atoms with Gasteiger partial charge in [-0.15, -0.1) is 11.3 Å². The second-order valence-electron chi connectivity index (χ2n) is 14.5. The number of hydrogen-bond acceptors (Lipinski definition) is 7. The Morgan fingerprint density at radius 1 is 1.22 bits per heavy atom. The van der Waals surface area contributed by atoms with Crippen molar-refractivity contribution in [2.45, 2.75) is 94.7 Å². The number of thiazole rings is 1. The van der Waals surface area contributed by atoms with Crippen molar-refractivity contribution in [2.75, 3.05) is 5.75 Å². The van der Waals surface area contributed by atoms with Gasteiger partial charge in [-0.25, -0.2) is 4.98 Å². The Balaban J connectivity index is 1.14.